The van der Waals surface area contributed by atoms with E-state index in [9.17, 15) is 4.79 Å². The fourth-order valence-electron chi connectivity index (χ4n) is 6.53. The molecule has 4 heteroatoms. The Bertz CT molecular complexity index is 839. The Labute approximate surface area is 159 Å². The Balaban J connectivity index is 1.53. The maximum absolute atomic E-state index is 11.4. The Morgan fingerprint density at radius 1 is 1.12 bits per heavy atom. The number of benzene rings is 1. The van der Waals surface area contributed by atoms with E-state index in [-0.39, 0.29) is 11.3 Å². The number of carbonyl (C=O) groups is 1. The summed E-state index contributed by atoms with van der Waals surface area (Å²) in [4.78, 5) is 16.3. The van der Waals surface area contributed by atoms with E-state index in [1.807, 2.05) is 0 Å². The minimum atomic E-state index is -0.0347. The zero-order valence-corrected chi connectivity index (χ0v) is 16.4. The fourth-order valence-corrected chi connectivity index (χ4v) is 7.41. The summed E-state index contributed by atoms with van der Waals surface area (Å²) in [5, 5.41) is 5.84. The van der Waals surface area contributed by atoms with Crippen molar-refractivity contribution in [1.29, 1.82) is 0 Å². The zero-order chi connectivity index (χ0) is 17.9. The summed E-state index contributed by atoms with van der Waals surface area (Å²) in [6.45, 7) is 3.72. The normalized spacial score (nSPS) is 34.8. The highest BCUT2D eigenvalue weighted by Crippen LogP contribution is 2.66. The molecule has 4 fully saturated rings. The molecule has 3 nitrogen and oxygen atoms in total. The van der Waals surface area contributed by atoms with Crippen molar-refractivity contribution < 1.29 is 4.79 Å². The van der Waals surface area contributed by atoms with Crippen LogP contribution in [0.15, 0.2) is 29.6 Å². The fraction of sp³-hybridized carbons (Fsp3) is 0.545. The average molecular weight is 367 g/mol. The second-order valence-electron chi connectivity index (χ2n) is 9.11. The number of thiazole rings is 1. The van der Waals surface area contributed by atoms with Crippen LogP contribution in [-0.2, 0) is 15.6 Å². The van der Waals surface area contributed by atoms with Gasteiger partial charge in [-0.3, -0.25) is 4.79 Å². The Hall–Kier alpha value is -1.68. The van der Waals surface area contributed by atoms with Crippen molar-refractivity contribution in [1.82, 2.24) is 4.98 Å². The molecule has 0 radical (unpaired) electrons. The van der Waals surface area contributed by atoms with Crippen LogP contribution in [0.5, 0.6) is 0 Å². The van der Waals surface area contributed by atoms with Gasteiger partial charge in [0.25, 0.3) is 0 Å². The predicted molar refractivity (Wildman–Crippen MR) is 106 cm³/mol. The van der Waals surface area contributed by atoms with E-state index in [1.54, 1.807) is 23.8 Å². The van der Waals surface area contributed by atoms with Gasteiger partial charge in [-0.25, -0.2) is 4.98 Å². The van der Waals surface area contributed by atoms with E-state index in [0.29, 0.717) is 5.41 Å². The number of hydrogen-bond acceptors (Lipinski definition) is 3. The molecule has 4 bridgehead atoms. The van der Waals surface area contributed by atoms with Crippen molar-refractivity contribution in [3.05, 3.63) is 46.5 Å². The summed E-state index contributed by atoms with van der Waals surface area (Å²) >= 11 is 1.58. The average Bonchev–Trinajstić information content (AvgIpc) is 3.03. The lowest BCUT2D eigenvalue weighted by Gasteiger charge is -2.62. The lowest BCUT2D eigenvalue weighted by Crippen LogP contribution is -2.56. The number of amides is 1. The molecule has 136 valence electrons. The standard InChI is InChI=1S/C22H26N2OS/c1-14-3-5-18(6-4-14)21-8-16-7-17(9-21)11-22(10-16,13-21)19-12-26-20(24-19)23-15(2)25/h3-6,12,16-17H,7-11,13H2,1-2H3,(H,23,24,25)/t16-,17-,21?,22?/m1/s1. The minimum absolute atomic E-state index is 0.0347. The molecule has 2 atom stereocenters. The molecule has 4 aliphatic rings. The number of nitrogens with zero attached hydrogens (tertiary/aromatic N) is 1. The van der Waals surface area contributed by atoms with Gasteiger partial charge >= 0.3 is 0 Å². The monoisotopic (exact) mass is 366 g/mol. The lowest BCUT2D eigenvalue weighted by atomic mass is 9.42. The second kappa shape index (κ2) is 5.66. The first-order chi connectivity index (χ1) is 12.5. The topological polar surface area (TPSA) is 42.0 Å². The van der Waals surface area contributed by atoms with Gasteiger partial charge in [-0.2, -0.15) is 0 Å². The minimum Gasteiger partial charge on any atom is -0.302 e. The molecule has 1 aromatic carbocycles. The maximum Gasteiger partial charge on any atom is 0.223 e. The van der Waals surface area contributed by atoms with E-state index >= 15 is 0 Å². The Morgan fingerprint density at radius 2 is 1.77 bits per heavy atom. The van der Waals surface area contributed by atoms with Crippen molar-refractivity contribution in [2.24, 2.45) is 11.8 Å². The first kappa shape index (κ1) is 16.5. The summed E-state index contributed by atoms with van der Waals surface area (Å²) in [6, 6.07) is 9.30. The molecule has 2 aromatic rings. The van der Waals surface area contributed by atoms with Crippen molar-refractivity contribution in [2.45, 2.75) is 63.2 Å². The largest absolute Gasteiger partial charge is 0.302 e. The van der Waals surface area contributed by atoms with E-state index in [4.69, 9.17) is 4.98 Å². The molecule has 1 heterocycles. The molecule has 1 aromatic heterocycles. The number of carbonyl (C=O) groups excluding carboxylic acids is 1. The number of anilines is 1. The Morgan fingerprint density at radius 3 is 2.42 bits per heavy atom. The number of rotatable bonds is 3. The van der Waals surface area contributed by atoms with Gasteiger partial charge in [-0.1, -0.05) is 29.8 Å². The van der Waals surface area contributed by atoms with E-state index in [0.717, 1.165) is 17.0 Å². The Kier molecular flexibility index (Phi) is 3.59. The molecule has 0 unspecified atom stereocenters. The molecule has 0 saturated heterocycles. The SMILES string of the molecule is CC(=O)Nc1nc(C23C[C@@H]4C[C@H](CC(c5ccc(C)cc5)(C4)C2)C3)cs1. The summed E-state index contributed by atoms with van der Waals surface area (Å²) < 4.78 is 0. The number of aryl methyl sites for hydroxylation is 1. The van der Waals surface area contributed by atoms with Crippen LogP contribution in [0.25, 0.3) is 0 Å². The van der Waals surface area contributed by atoms with Gasteiger partial charge in [0, 0.05) is 17.7 Å². The molecule has 6 rings (SSSR count). The van der Waals surface area contributed by atoms with Gasteiger partial charge < -0.3 is 5.32 Å². The van der Waals surface area contributed by atoms with Crippen molar-refractivity contribution >= 4 is 22.4 Å². The lowest BCUT2D eigenvalue weighted by molar-refractivity contribution is -0.114. The summed E-state index contributed by atoms with van der Waals surface area (Å²) in [7, 11) is 0. The first-order valence-electron chi connectivity index (χ1n) is 9.77. The molecular weight excluding hydrogens is 340 g/mol. The highest BCUT2D eigenvalue weighted by Gasteiger charge is 2.59. The van der Waals surface area contributed by atoms with Gasteiger partial charge in [0.2, 0.25) is 5.91 Å². The van der Waals surface area contributed by atoms with Crippen LogP contribution in [0.2, 0.25) is 0 Å². The van der Waals surface area contributed by atoms with Crippen LogP contribution in [0.4, 0.5) is 5.13 Å². The van der Waals surface area contributed by atoms with Crippen molar-refractivity contribution in [2.75, 3.05) is 5.32 Å². The van der Waals surface area contributed by atoms with Gasteiger partial charge in [-0.15, -0.1) is 11.3 Å². The maximum atomic E-state index is 11.4. The third kappa shape index (κ3) is 2.53. The molecule has 1 amide bonds. The van der Waals surface area contributed by atoms with Crippen LogP contribution in [-0.4, -0.2) is 10.9 Å². The van der Waals surface area contributed by atoms with E-state index in [2.05, 4.69) is 41.9 Å². The van der Waals surface area contributed by atoms with Gasteiger partial charge in [0.1, 0.15) is 0 Å². The van der Waals surface area contributed by atoms with Gasteiger partial charge in [0.15, 0.2) is 5.13 Å². The third-order valence-corrected chi connectivity index (χ3v) is 7.81. The van der Waals surface area contributed by atoms with Crippen LogP contribution < -0.4 is 5.32 Å². The first-order valence-corrected chi connectivity index (χ1v) is 10.7. The molecular formula is C22H26N2OS. The smallest absolute Gasteiger partial charge is 0.223 e. The van der Waals surface area contributed by atoms with Gasteiger partial charge in [0.05, 0.1) is 5.69 Å². The highest BCUT2D eigenvalue weighted by molar-refractivity contribution is 7.13. The van der Waals surface area contributed by atoms with Crippen LogP contribution >= 0.6 is 11.3 Å². The summed E-state index contributed by atoms with van der Waals surface area (Å²) in [5.74, 6) is 1.61. The summed E-state index contributed by atoms with van der Waals surface area (Å²) in [5.41, 5.74) is 4.65. The second-order valence-corrected chi connectivity index (χ2v) is 9.96. The van der Waals surface area contributed by atoms with Gasteiger partial charge in [-0.05, 0) is 68.3 Å². The number of nitrogens with one attached hydrogen (secondary N) is 1. The van der Waals surface area contributed by atoms with Crippen molar-refractivity contribution in [3.8, 4) is 0 Å². The quantitative estimate of drug-likeness (QED) is 0.811. The number of aromatic nitrogens is 1. The predicted octanol–water partition coefficient (Wildman–Crippen LogP) is 5.20. The molecule has 0 spiro atoms. The van der Waals surface area contributed by atoms with Crippen LogP contribution in [0.1, 0.15) is 62.3 Å². The van der Waals surface area contributed by atoms with E-state index < -0.39 is 0 Å². The van der Waals surface area contributed by atoms with Crippen LogP contribution in [0, 0.1) is 18.8 Å². The molecule has 1 N–H and O–H groups in total. The number of hydrogen-bond donors (Lipinski definition) is 1. The van der Waals surface area contributed by atoms with E-state index in [1.165, 1.54) is 49.8 Å². The zero-order valence-electron chi connectivity index (χ0n) is 15.5. The molecule has 0 aliphatic heterocycles. The summed E-state index contributed by atoms with van der Waals surface area (Å²) in [6.07, 6.45) is 7.87. The molecule has 26 heavy (non-hydrogen) atoms. The van der Waals surface area contributed by atoms with Crippen LogP contribution in [0.3, 0.4) is 0 Å². The molecule has 4 aliphatic carbocycles. The molecule has 4 saturated carbocycles. The third-order valence-electron chi connectivity index (χ3n) is 7.06. The highest BCUT2D eigenvalue weighted by atomic mass is 32.1. The van der Waals surface area contributed by atoms with Crippen molar-refractivity contribution in [3.63, 3.8) is 0 Å².